The number of rotatable bonds is 2. The van der Waals surface area contributed by atoms with Crippen molar-refractivity contribution in [3.63, 3.8) is 0 Å². The molecule has 0 bridgehead atoms. The van der Waals surface area contributed by atoms with Gasteiger partial charge >= 0.3 is 0 Å². The minimum absolute atomic E-state index is 0.789. The van der Waals surface area contributed by atoms with Gasteiger partial charge in [0.05, 0.1) is 0 Å². The van der Waals surface area contributed by atoms with Crippen LogP contribution < -0.4 is 5.32 Å². The van der Waals surface area contributed by atoms with Gasteiger partial charge in [-0.1, -0.05) is 0 Å². The Bertz CT molecular complexity index is 254. The van der Waals surface area contributed by atoms with Gasteiger partial charge in [0.2, 0.25) is 0 Å². The van der Waals surface area contributed by atoms with Crippen LogP contribution in [-0.4, -0.2) is 23.1 Å². The van der Waals surface area contributed by atoms with E-state index in [2.05, 4.69) is 21.1 Å². The van der Waals surface area contributed by atoms with Gasteiger partial charge in [0.15, 0.2) is 0 Å². The van der Waals surface area contributed by atoms with Gasteiger partial charge in [-0.25, -0.2) is 4.98 Å². The third-order valence-corrected chi connectivity index (χ3v) is 2.53. The van der Waals surface area contributed by atoms with E-state index in [0.29, 0.717) is 0 Å². The summed E-state index contributed by atoms with van der Waals surface area (Å²) >= 11 is 0. The first-order valence-corrected chi connectivity index (χ1v) is 4.55. The van der Waals surface area contributed by atoms with E-state index in [9.17, 15) is 0 Å². The van der Waals surface area contributed by atoms with Crippen molar-refractivity contribution in [2.24, 2.45) is 5.92 Å². The minimum atomic E-state index is 0.789. The number of fused-ring (bicyclic) bond motifs is 1. The van der Waals surface area contributed by atoms with Gasteiger partial charge < -0.3 is 9.88 Å². The molecule has 3 nitrogen and oxygen atoms in total. The van der Waals surface area contributed by atoms with Crippen LogP contribution in [0.5, 0.6) is 0 Å². The number of imidazole rings is 1. The lowest BCUT2D eigenvalue weighted by molar-refractivity contribution is 0.356. The number of aryl methyl sites for hydroxylation is 1. The first-order chi connectivity index (χ1) is 5.90. The zero-order chi connectivity index (χ0) is 8.39. The SMILES string of the molecule is CNC[C@@H]1CCc2nccn2C1. The van der Waals surface area contributed by atoms with Crippen LogP contribution in [-0.2, 0) is 13.0 Å². The fourth-order valence-electron chi connectivity index (χ4n) is 1.89. The molecule has 0 saturated heterocycles. The molecule has 1 N–H and O–H groups in total. The van der Waals surface area contributed by atoms with E-state index in [4.69, 9.17) is 0 Å². The van der Waals surface area contributed by atoms with Crippen molar-refractivity contribution in [3.05, 3.63) is 18.2 Å². The van der Waals surface area contributed by atoms with Gasteiger partial charge in [-0.3, -0.25) is 0 Å². The zero-order valence-electron chi connectivity index (χ0n) is 7.45. The van der Waals surface area contributed by atoms with Crippen LogP contribution in [0.15, 0.2) is 12.4 Å². The summed E-state index contributed by atoms with van der Waals surface area (Å²) in [6.07, 6.45) is 6.39. The average molecular weight is 165 g/mol. The fourth-order valence-corrected chi connectivity index (χ4v) is 1.89. The summed E-state index contributed by atoms with van der Waals surface area (Å²) < 4.78 is 2.27. The Morgan fingerprint density at radius 3 is 3.50 bits per heavy atom. The van der Waals surface area contributed by atoms with Crippen molar-refractivity contribution >= 4 is 0 Å². The van der Waals surface area contributed by atoms with Crippen LogP contribution in [0.4, 0.5) is 0 Å². The highest BCUT2D eigenvalue weighted by Crippen LogP contribution is 2.17. The van der Waals surface area contributed by atoms with E-state index < -0.39 is 0 Å². The molecule has 0 aromatic carbocycles. The van der Waals surface area contributed by atoms with Gasteiger partial charge in [0.25, 0.3) is 0 Å². The number of nitrogens with one attached hydrogen (secondary N) is 1. The predicted molar refractivity (Wildman–Crippen MR) is 48.0 cm³/mol. The Kier molecular flexibility index (Phi) is 2.13. The topological polar surface area (TPSA) is 29.9 Å². The van der Waals surface area contributed by atoms with Gasteiger partial charge in [0.1, 0.15) is 5.82 Å². The molecular formula is C9H15N3. The number of hydrogen-bond donors (Lipinski definition) is 1. The highest BCUT2D eigenvalue weighted by molar-refractivity contribution is 4.96. The molecule has 0 unspecified atom stereocenters. The molecule has 0 radical (unpaired) electrons. The van der Waals surface area contributed by atoms with E-state index in [1.54, 1.807) is 0 Å². The van der Waals surface area contributed by atoms with Crippen molar-refractivity contribution < 1.29 is 0 Å². The highest BCUT2D eigenvalue weighted by atomic mass is 15.1. The lowest BCUT2D eigenvalue weighted by Crippen LogP contribution is -2.27. The van der Waals surface area contributed by atoms with Crippen LogP contribution in [0.25, 0.3) is 0 Å². The number of hydrogen-bond acceptors (Lipinski definition) is 2. The maximum atomic E-state index is 4.29. The molecule has 1 aromatic rings. The van der Waals surface area contributed by atoms with E-state index in [0.717, 1.165) is 25.4 Å². The zero-order valence-corrected chi connectivity index (χ0v) is 7.45. The molecule has 0 amide bonds. The molecule has 3 heteroatoms. The molecule has 66 valence electrons. The standard InChI is InChI=1S/C9H15N3/c1-10-6-8-2-3-9-11-4-5-12(9)7-8/h4-5,8,10H,2-3,6-7H2,1H3/t8-/m0/s1. The predicted octanol–water partition coefficient (Wildman–Crippen LogP) is 0.665. The summed E-state index contributed by atoms with van der Waals surface area (Å²) in [4.78, 5) is 4.29. The lowest BCUT2D eigenvalue weighted by Gasteiger charge is -2.23. The smallest absolute Gasteiger partial charge is 0.108 e. The van der Waals surface area contributed by atoms with Crippen LogP contribution in [0, 0.1) is 5.92 Å². The van der Waals surface area contributed by atoms with Gasteiger partial charge in [-0.15, -0.1) is 0 Å². The van der Waals surface area contributed by atoms with E-state index in [1.807, 2.05) is 13.2 Å². The molecular weight excluding hydrogens is 150 g/mol. The second-order valence-electron chi connectivity index (χ2n) is 3.46. The quantitative estimate of drug-likeness (QED) is 0.698. The summed E-state index contributed by atoms with van der Waals surface area (Å²) in [6.45, 7) is 2.26. The molecule has 0 aliphatic carbocycles. The van der Waals surface area contributed by atoms with Crippen LogP contribution in [0.1, 0.15) is 12.2 Å². The molecule has 12 heavy (non-hydrogen) atoms. The number of aromatic nitrogens is 2. The summed E-state index contributed by atoms with van der Waals surface area (Å²) in [5.41, 5.74) is 0. The molecule has 1 aliphatic heterocycles. The van der Waals surface area contributed by atoms with Gasteiger partial charge in [-0.05, 0) is 25.9 Å². The van der Waals surface area contributed by atoms with Crippen LogP contribution >= 0.6 is 0 Å². The largest absolute Gasteiger partial charge is 0.335 e. The molecule has 0 spiro atoms. The van der Waals surface area contributed by atoms with Gasteiger partial charge in [-0.2, -0.15) is 0 Å². The Balaban J connectivity index is 2.05. The van der Waals surface area contributed by atoms with E-state index in [-0.39, 0.29) is 0 Å². The summed E-state index contributed by atoms with van der Waals surface area (Å²) in [7, 11) is 2.02. The average Bonchev–Trinajstić information content (AvgIpc) is 2.51. The van der Waals surface area contributed by atoms with Crippen LogP contribution in [0.2, 0.25) is 0 Å². The van der Waals surface area contributed by atoms with Crippen molar-refractivity contribution in [1.29, 1.82) is 0 Å². The molecule has 1 aliphatic rings. The van der Waals surface area contributed by atoms with E-state index >= 15 is 0 Å². The molecule has 1 atom stereocenters. The monoisotopic (exact) mass is 165 g/mol. The van der Waals surface area contributed by atoms with Crippen molar-refractivity contribution in [3.8, 4) is 0 Å². The highest BCUT2D eigenvalue weighted by Gasteiger charge is 2.17. The molecule has 2 heterocycles. The minimum Gasteiger partial charge on any atom is -0.335 e. The Morgan fingerprint density at radius 1 is 1.75 bits per heavy atom. The summed E-state index contributed by atoms with van der Waals surface area (Å²) in [6, 6.07) is 0. The Morgan fingerprint density at radius 2 is 2.67 bits per heavy atom. The second-order valence-corrected chi connectivity index (χ2v) is 3.46. The maximum Gasteiger partial charge on any atom is 0.108 e. The Hall–Kier alpha value is -0.830. The molecule has 0 saturated carbocycles. The third kappa shape index (κ3) is 1.37. The summed E-state index contributed by atoms with van der Waals surface area (Å²) in [5.74, 6) is 2.04. The number of nitrogens with zero attached hydrogens (tertiary/aromatic N) is 2. The Labute approximate surface area is 72.8 Å². The van der Waals surface area contributed by atoms with Crippen LogP contribution in [0.3, 0.4) is 0 Å². The lowest BCUT2D eigenvalue weighted by atomic mass is 10.00. The summed E-state index contributed by atoms with van der Waals surface area (Å²) in [5, 5.41) is 3.23. The molecule has 0 fully saturated rings. The van der Waals surface area contributed by atoms with Crippen molar-refractivity contribution in [2.45, 2.75) is 19.4 Å². The van der Waals surface area contributed by atoms with E-state index in [1.165, 1.54) is 12.2 Å². The third-order valence-electron chi connectivity index (χ3n) is 2.53. The van der Waals surface area contributed by atoms with Gasteiger partial charge in [0, 0.05) is 25.4 Å². The molecule has 1 aromatic heterocycles. The fraction of sp³-hybridized carbons (Fsp3) is 0.667. The second kappa shape index (κ2) is 3.27. The maximum absolute atomic E-state index is 4.29. The molecule has 2 rings (SSSR count). The van der Waals surface area contributed by atoms with Crippen molar-refractivity contribution in [1.82, 2.24) is 14.9 Å². The van der Waals surface area contributed by atoms with Crippen molar-refractivity contribution in [2.75, 3.05) is 13.6 Å². The first-order valence-electron chi connectivity index (χ1n) is 4.55. The first kappa shape index (κ1) is 7.80. The normalized spacial score (nSPS) is 22.2.